The summed E-state index contributed by atoms with van der Waals surface area (Å²) in [5.74, 6) is 1.56. The Hall–Kier alpha value is -2.64. The molecule has 2 aliphatic heterocycles. The second kappa shape index (κ2) is 7.94. The van der Waals surface area contributed by atoms with Crippen LogP contribution in [0.15, 0.2) is 41.8 Å². The predicted molar refractivity (Wildman–Crippen MR) is 103 cm³/mol. The van der Waals surface area contributed by atoms with Crippen molar-refractivity contribution in [2.45, 2.75) is 0 Å². The van der Waals surface area contributed by atoms with Crippen LogP contribution >= 0.6 is 11.3 Å². The first-order chi connectivity index (χ1) is 13.2. The molecule has 0 atom stereocenters. The van der Waals surface area contributed by atoms with Crippen LogP contribution in [0.5, 0.6) is 11.5 Å². The normalized spacial score (nSPS) is 16.8. The van der Waals surface area contributed by atoms with Gasteiger partial charge in [0.05, 0.1) is 11.4 Å². The maximum absolute atomic E-state index is 12.4. The van der Waals surface area contributed by atoms with E-state index in [1.165, 1.54) is 11.3 Å². The van der Waals surface area contributed by atoms with Crippen LogP contribution in [-0.4, -0.2) is 61.0 Å². The zero-order valence-electron chi connectivity index (χ0n) is 14.8. The number of hydrogen-bond donors (Lipinski definition) is 0. The van der Waals surface area contributed by atoms with Gasteiger partial charge in [-0.3, -0.25) is 14.5 Å². The highest BCUT2D eigenvalue weighted by Crippen LogP contribution is 2.32. The van der Waals surface area contributed by atoms with Crippen molar-refractivity contribution in [3.05, 3.63) is 52.2 Å². The van der Waals surface area contributed by atoms with Gasteiger partial charge >= 0.3 is 0 Å². The monoisotopic (exact) mass is 384 g/mol. The number of ether oxygens (including phenoxy) is 2. The number of fused-ring (bicyclic) bond motifs is 1. The van der Waals surface area contributed by atoms with E-state index < -0.39 is 0 Å². The van der Waals surface area contributed by atoms with E-state index in [0.29, 0.717) is 38.5 Å². The Morgan fingerprint density at radius 3 is 2.67 bits per heavy atom. The number of hydrogen-bond acceptors (Lipinski definition) is 6. The molecule has 1 fully saturated rings. The predicted octanol–water partition coefficient (Wildman–Crippen LogP) is 2.52. The Bertz CT molecular complexity index is 855. The molecule has 1 aromatic heterocycles. The van der Waals surface area contributed by atoms with Crippen molar-refractivity contribution < 1.29 is 19.1 Å². The van der Waals surface area contributed by atoms with Gasteiger partial charge < -0.3 is 14.4 Å². The van der Waals surface area contributed by atoms with Crippen molar-refractivity contribution in [3.8, 4) is 11.5 Å². The van der Waals surface area contributed by atoms with Crippen LogP contribution in [0.25, 0.3) is 6.08 Å². The minimum Gasteiger partial charge on any atom is -0.454 e. The molecule has 0 radical (unpaired) electrons. The van der Waals surface area contributed by atoms with E-state index in [0.717, 1.165) is 16.2 Å². The smallest absolute Gasteiger partial charge is 0.246 e. The third kappa shape index (κ3) is 4.20. The summed E-state index contributed by atoms with van der Waals surface area (Å²) in [6, 6.07) is 9.34. The lowest BCUT2D eigenvalue weighted by atomic mass is 10.2. The summed E-state index contributed by atoms with van der Waals surface area (Å²) < 4.78 is 10.6. The van der Waals surface area contributed by atoms with Crippen molar-refractivity contribution in [1.29, 1.82) is 0 Å². The first kappa shape index (κ1) is 17.8. The van der Waals surface area contributed by atoms with Gasteiger partial charge in [-0.05, 0) is 35.2 Å². The summed E-state index contributed by atoms with van der Waals surface area (Å²) in [5, 5.41) is 1.91. The number of carbonyl (C=O) groups is 2. The molecule has 0 aliphatic carbocycles. The second-order valence-corrected chi connectivity index (χ2v) is 7.40. The van der Waals surface area contributed by atoms with E-state index in [1.807, 2.05) is 40.6 Å². The molecule has 0 unspecified atom stereocenters. The topological polar surface area (TPSA) is 59.1 Å². The Balaban J connectivity index is 1.28. The summed E-state index contributed by atoms with van der Waals surface area (Å²) in [6.07, 6.45) is 3.38. The van der Waals surface area contributed by atoms with Gasteiger partial charge in [-0.25, -0.2) is 0 Å². The van der Waals surface area contributed by atoms with Crippen molar-refractivity contribution in [1.82, 2.24) is 9.80 Å². The van der Waals surface area contributed by atoms with Gasteiger partial charge in [-0.15, -0.1) is 11.3 Å². The fourth-order valence-corrected chi connectivity index (χ4v) is 3.79. The number of piperazine rings is 1. The zero-order chi connectivity index (χ0) is 18.6. The highest BCUT2D eigenvalue weighted by molar-refractivity contribution is 7.12. The Labute approximate surface area is 161 Å². The molecule has 3 heterocycles. The summed E-state index contributed by atoms with van der Waals surface area (Å²) in [6.45, 7) is 3.32. The Kier molecular flexibility index (Phi) is 5.22. The maximum Gasteiger partial charge on any atom is 0.246 e. The van der Waals surface area contributed by atoms with E-state index in [2.05, 4.69) is 4.90 Å². The van der Waals surface area contributed by atoms with Gasteiger partial charge in [-0.1, -0.05) is 12.1 Å². The van der Waals surface area contributed by atoms with Gasteiger partial charge in [0.1, 0.15) is 0 Å². The molecular weight excluding hydrogens is 364 g/mol. The number of thiophene rings is 1. The second-order valence-electron chi connectivity index (χ2n) is 6.45. The van der Waals surface area contributed by atoms with Gasteiger partial charge in [0.25, 0.3) is 0 Å². The number of rotatable bonds is 5. The molecule has 27 heavy (non-hydrogen) atoms. The van der Waals surface area contributed by atoms with Crippen LogP contribution in [0.1, 0.15) is 15.2 Å². The molecule has 0 N–H and O–H groups in total. The van der Waals surface area contributed by atoms with Crippen LogP contribution in [0.3, 0.4) is 0 Å². The quantitative estimate of drug-likeness (QED) is 0.586. The minimum absolute atomic E-state index is 0.0168. The number of benzene rings is 1. The fourth-order valence-electron chi connectivity index (χ4n) is 3.13. The minimum atomic E-state index is -0.0168. The average Bonchev–Trinajstić information content (AvgIpc) is 3.38. The van der Waals surface area contributed by atoms with Crippen LogP contribution in [0.4, 0.5) is 0 Å². The first-order valence-corrected chi connectivity index (χ1v) is 9.73. The van der Waals surface area contributed by atoms with Crippen LogP contribution in [0.2, 0.25) is 0 Å². The van der Waals surface area contributed by atoms with E-state index in [4.69, 9.17) is 9.47 Å². The van der Waals surface area contributed by atoms with Crippen LogP contribution < -0.4 is 9.47 Å². The molecule has 140 valence electrons. The number of ketones is 1. The van der Waals surface area contributed by atoms with Crippen molar-refractivity contribution in [2.24, 2.45) is 0 Å². The highest BCUT2D eigenvalue weighted by Gasteiger charge is 2.22. The summed E-state index contributed by atoms with van der Waals surface area (Å²) in [5.41, 5.74) is 0.896. The standard InChI is InChI=1S/C20H20N2O4S/c23-16(19-2-1-11-27-19)13-21-7-9-22(10-8-21)20(24)6-4-15-3-5-17-18(12-15)26-14-25-17/h1-6,11-12H,7-10,13-14H2/b6-4+. The third-order valence-corrected chi connectivity index (χ3v) is 5.57. The molecule has 0 bridgehead atoms. The summed E-state index contributed by atoms with van der Waals surface area (Å²) >= 11 is 1.47. The van der Waals surface area contributed by atoms with E-state index in [1.54, 1.807) is 12.2 Å². The van der Waals surface area contributed by atoms with Crippen LogP contribution in [-0.2, 0) is 4.79 Å². The number of nitrogens with zero attached hydrogens (tertiary/aromatic N) is 2. The van der Waals surface area contributed by atoms with Crippen LogP contribution in [0, 0.1) is 0 Å². The number of amides is 1. The fraction of sp³-hybridized carbons (Fsp3) is 0.300. The van der Waals surface area contributed by atoms with Crippen molar-refractivity contribution in [2.75, 3.05) is 39.5 Å². The lowest BCUT2D eigenvalue weighted by molar-refractivity contribution is -0.127. The van der Waals surface area contributed by atoms with Crippen molar-refractivity contribution >= 4 is 29.1 Å². The molecule has 0 saturated carbocycles. The lowest BCUT2D eigenvalue weighted by Crippen LogP contribution is -2.49. The van der Waals surface area contributed by atoms with Gasteiger partial charge in [0, 0.05) is 32.3 Å². The zero-order valence-corrected chi connectivity index (χ0v) is 15.6. The molecule has 1 saturated heterocycles. The molecular formula is C20H20N2O4S. The molecule has 1 aromatic carbocycles. The highest BCUT2D eigenvalue weighted by atomic mass is 32.1. The number of Topliss-reactive ketones (excluding diaryl/α,β-unsaturated/α-hetero) is 1. The molecule has 2 aromatic rings. The van der Waals surface area contributed by atoms with Gasteiger partial charge in [-0.2, -0.15) is 0 Å². The lowest BCUT2D eigenvalue weighted by Gasteiger charge is -2.33. The van der Waals surface area contributed by atoms with E-state index in [9.17, 15) is 9.59 Å². The van der Waals surface area contributed by atoms with Gasteiger partial charge in [0.15, 0.2) is 17.3 Å². The van der Waals surface area contributed by atoms with E-state index in [-0.39, 0.29) is 18.5 Å². The first-order valence-electron chi connectivity index (χ1n) is 8.85. The summed E-state index contributed by atoms with van der Waals surface area (Å²) in [7, 11) is 0. The molecule has 2 aliphatic rings. The molecule has 7 heteroatoms. The molecule has 1 amide bonds. The maximum atomic E-state index is 12.4. The largest absolute Gasteiger partial charge is 0.454 e. The SMILES string of the molecule is O=C(CN1CCN(C(=O)/C=C/c2ccc3c(c2)OCO3)CC1)c1cccs1. The van der Waals surface area contributed by atoms with E-state index >= 15 is 0 Å². The van der Waals surface area contributed by atoms with Gasteiger partial charge in [0.2, 0.25) is 12.7 Å². The average molecular weight is 384 g/mol. The van der Waals surface area contributed by atoms with Crippen molar-refractivity contribution in [3.63, 3.8) is 0 Å². The molecule has 0 spiro atoms. The Morgan fingerprint density at radius 1 is 1.07 bits per heavy atom. The number of carbonyl (C=O) groups excluding carboxylic acids is 2. The Morgan fingerprint density at radius 2 is 1.89 bits per heavy atom. The third-order valence-electron chi connectivity index (χ3n) is 4.66. The summed E-state index contributed by atoms with van der Waals surface area (Å²) in [4.78, 5) is 29.3. The molecule has 6 nitrogen and oxygen atoms in total. The molecule has 4 rings (SSSR count).